The topological polar surface area (TPSA) is 42.0 Å². The summed E-state index contributed by atoms with van der Waals surface area (Å²) in [6.07, 6.45) is 5.47. The molecule has 1 fully saturated rings. The second-order valence-corrected chi connectivity index (χ2v) is 7.39. The molecule has 0 radical (unpaired) electrons. The quantitative estimate of drug-likeness (QED) is 0.767. The first-order valence-electron chi connectivity index (χ1n) is 7.94. The molecule has 4 heteroatoms. The van der Waals surface area contributed by atoms with E-state index in [0.29, 0.717) is 0 Å². The fourth-order valence-electron chi connectivity index (χ4n) is 3.64. The zero-order chi connectivity index (χ0) is 14.7. The molecule has 0 aliphatic heterocycles. The van der Waals surface area contributed by atoms with Gasteiger partial charge in [-0.05, 0) is 48.3 Å². The summed E-state index contributed by atoms with van der Waals surface area (Å²) in [6, 6.07) is 8.77. The minimum absolute atomic E-state index is 0.141. The average molecular weight is 308 g/mol. The fourth-order valence-corrected chi connectivity index (χ4v) is 4.59. The Bertz CT molecular complexity index is 924. The van der Waals surface area contributed by atoms with Crippen LogP contribution in [-0.2, 0) is 17.6 Å². The predicted octanol–water partition coefficient (Wildman–Crippen LogP) is 4.29. The van der Waals surface area contributed by atoms with E-state index in [1.165, 1.54) is 33.0 Å². The van der Waals surface area contributed by atoms with Gasteiger partial charge in [-0.25, -0.2) is 4.98 Å². The van der Waals surface area contributed by atoms with Gasteiger partial charge in [0.05, 0.1) is 10.2 Å². The number of carbonyl (C=O) groups is 1. The summed E-state index contributed by atoms with van der Waals surface area (Å²) in [5.41, 5.74) is 3.90. The molecular weight excluding hydrogens is 292 g/mol. The Morgan fingerprint density at radius 3 is 2.91 bits per heavy atom. The number of aromatic nitrogens is 1. The number of anilines is 1. The van der Waals surface area contributed by atoms with Crippen LogP contribution in [0.3, 0.4) is 0 Å². The van der Waals surface area contributed by atoms with Crippen LogP contribution in [-0.4, -0.2) is 10.9 Å². The Labute approximate surface area is 132 Å². The molecule has 0 saturated heterocycles. The maximum absolute atomic E-state index is 12.1. The number of amides is 1. The zero-order valence-corrected chi connectivity index (χ0v) is 13.0. The highest BCUT2D eigenvalue weighted by Crippen LogP contribution is 2.39. The molecule has 0 unspecified atom stereocenters. The summed E-state index contributed by atoms with van der Waals surface area (Å²) in [5, 5.41) is 6.39. The van der Waals surface area contributed by atoms with Gasteiger partial charge in [0.15, 0.2) is 5.13 Å². The molecule has 1 aromatic heterocycles. The molecular formula is C18H16N2OS. The van der Waals surface area contributed by atoms with E-state index in [4.69, 9.17) is 4.98 Å². The van der Waals surface area contributed by atoms with Crippen molar-refractivity contribution >= 4 is 43.4 Å². The van der Waals surface area contributed by atoms with Crippen molar-refractivity contribution in [1.29, 1.82) is 0 Å². The SMILES string of the molecule is O=C(Nc1nc2c(cc3c4c(cccc42)CC3)s1)C1CCC1. The van der Waals surface area contributed by atoms with Gasteiger partial charge >= 0.3 is 0 Å². The van der Waals surface area contributed by atoms with E-state index >= 15 is 0 Å². The van der Waals surface area contributed by atoms with E-state index in [2.05, 4.69) is 29.6 Å². The molecule has 0 spiro atoms. The number of nitrogens with one attached hydrogen (secondary N) is 1. The first-order valence-corrected chi connectivity index (χ1v) is 8.76. The standard InChI is InChI=1S/C18H16N2OS/c21-17(11-4-1-5-11)20-18-19-16-13-6-2-3-10-7-8-12(15(10)13)9-14(16)22-18/h2-3,6,9,11H,1,4-5,7-8H2,(H,19,20,21). The van der Waals surface area contributed by atoms with Crippen LogP contribution in [0.1, 0.15) is 30.4 Å². The van der Waals surface area contributed by atoms with Crippen molar-refractivity contribution in [3.8, 4) is 0 Å². The van der Waals surface area contributed by atoms with Crippen molar-refractivity contribution in [1.82, 2.24) is 4.98 Å². The van der Waals surface area contributed by atoms with Crippen LogP contribution >= 0.6 is 11.3 Å². The Kier molecular flexibility index (Phi) is 2.59. The van der Waals surface area contributed by atoms with E-state index in [-0.39, 0.29) is 11.8 Å². The number of benzene rings is 2. The molecule has 2 aliphatic carbocycles. The summed E-state index contributed by atoms with van der Waals surface area (Å²) in [7, 11) is 0. The molecule has 0 atom stereocenters. The Morgan fingerprint density at radius 1 is 1.23 bits per heavy atom. The molecule has 2 aliphatic rings. The van der Waals surface area contributed by atoms with E-state index in [0.717, 1.165) is 36.3 Å². The van der Waals surface area contributed by atoms with Gasteiger partial charge in [0, 0.05) is 11.3 Å². The molecule has 3 nitrogen and oxygen atoms in total. The van der Waals surface area contributed by atoms with Crippen LogP contribution in [0, 0.1) is 5.92 Å². The van der Waals surface area contributed by atoms with Crippen molar-refractivity contribution in [2.24, 2.45) is 5.92 Å². The Balaban J connectivity index is 1.63. The molecule has 2 aromatic carbocycles. The van der Waals surface area contributed by atoms with E-state index in [1.54, 1.807) is 11.3 Å². The molecule has 1 amide bonds. The first-order chi connectivity index (χ1) is 10.8. The third-order valence-corrected chi connectivity index (χ3v) is 5.97. The Morgan fingerprint density at radius 2 is 2.09 bits per heavy atom. The van der Waals surface area contributed by atoms with Crippen LogP contribution in [0.5, 0.6) is 0 Å². The number of fused-ring (bicyclic) bond motifs is 2. The van der Waals surface area contributed by atoms with Gasteiger partial charge in [0.2, 0.25) is 5.91 Å². The van der Waals surface area contributed by atoms with Crippen molar-refractivity contribution in [2.45, 2.75) is 32.1 Å². The van der Waals surface area contributed by atoms with Crippen molar-refractivity contribution < 1.29 is 4.79 Å². The summed E-state index contributed by atoms with van der Waals surface area (Å²) >= 11 is 1.60. The van der Waals surface area contributed by atoms with Gasteiger partial charge in [-0.3, -0.25) is 4.79 Å². The number of rotatable bonds is 2. The highest BCUT2D eigenvalue weighted by atomic mass is 32.1. The van der Waals surface area contributed by atoms with Gasteiger partial charge in [0.25, 0.3) is 0 Å². The largest absolute Gasteiger partial charge is 0.302 e. The molecule has 3 aromatic rings. The number of hydrogen-bond donors (Lipinski definition) is 1. The van der Waals surface area contributed by atoms with Gasteiger partial charge in [-0.15, -0.1) is 0 Å². The predicted molar refractivity (Wildman–Crippen MR) is 90.5 cm³/mol. The van der Waals surface area contributed by atoms with Crippen LogP contribution in [0.25, 0.3) is 21.0 Å². The molecule has 0 bridgehead atoms. The number of nitrogens with zero attached hydrogens (tertiary/aromatic N) is 1. The van der Waals surface area contributed by atoms with E-state index in [9.17, 15) is 4.79 Å². The molecule has 1 N–H and O–H groups in total. The van der Waals surface area contributed by atoms with Crippen molar-refractivity contribution in [3.63, 3.8) is 0 Å². The average Bonchev–Trinajstić information content (AvgIpc) is 3.02. The Hall–Kier alpha value is -1.94. The lowest BCUT2D eigenvalue weighted by atomic mass is 9.85. The van der Waals surface area contributed by atoms with Crippen LogP contribution < -0.4 is 5.32 Å². The lowest BCUT2D eigenvalue weighted by molar-refractivity contribution is -0.122. The third kappa shape index (κ3) is 1.73. The highest BCUT2D eigenvalue weighted by Gasteiger charge is 2.26. The fraction of sp³-hybridized carbons (Fsp3) is 0.333. The molecule has 110 valence electrons. The molecule has 1 saturated carbocycles. The molecule has 5 rings (SSSR count). The molecule has 22 heavy (non-hydrogen) atoms. The number of aryl methyl sites for hydroxylation is 2. The maximum atomic E-state index is 12.1. The monoisotopic (exact) mass is 308 g/mol. The first kappa shape index (κ1) is 12.6. The van der Waals surface area contributed by atoms with Crippen molar-refractivity contribution in [2.75, 3.05) is 5.32 Å². The minimum Gasteiger partial charge on any atom is -0.302 e. The minimum atomic E-state index is 0.141. The smallest absolute Gasteiger partial charge is 0.229 e. The molecule has 1 heterocycles. The van der Waals surface area contributed by atoms with Gasteiger partial charge < -0.3 is 5.32 Å². The third-order valence-electron chi connectivity index (χ3n) is 5.06. The second kappa shape index (κ2) is 4.53. The summed E-state index contributed by atoms with van der Waals surface area (Å²) in [6.45, 7) is 0. The van der Waals surface area contributed by atoms with Gasteiger partial charge in [-0.2, -0.15) is 0 Å². The van der Waals surface area contributed by atoms with Gasteiger partial charge in [-0.1, -0.05) is 36.0 Å². The maximum Gasteiger partial charge on any atom is 0.229 e. The van der Waals surface area contributed by atoms with Crippen LogP contribution in [0.4, 0.5) is 5.13 Å². The number of hydrogen-bond acceptors (Lipinski definition) is 3. The van der Waals surface area contributed by atoms with Crippen LogP contribution in [0.2, 0.25) is 0 Å². The normalized spacial score (nSPS) is 17.1. The number of carbonyl (C=O) groups excluding carboxylic acids is 1. The van der Waals surface area contributed by atoms with E-state index < -0.39 is 0 Å². The van der Waals surface area contributed by atoms with Crippen molar-refractivity contribution in [3.05, 3.63) is 35.4 Å². The second-order valence-electron chi connectivity index (χ2n) is 6.36. The lowest BCUT2D eigenvalue weighted by Gasteiger charge is -2.23. The van der Waals surface area contributed by atoms with Crippen LogP contribution in [0.15, 0.2) is 24.3 Å². The number of thiazole rings is 1. The van der Waals surface area contributed by atoms with Gasteiger partial charge in [0.1, 0.15) is 0 Å². The van der Waals surface area contributed by atoms with E-state index in [1.807, 2.05) is 0 Å². The lowest BCUT2D eigenvalue weighted by Crippen LogP contribution is -2.27. The summed E-state index contributed by atoms with van der Waals surface area (Å²) in [4.78, 5) is 16.8. The summed E-state index contributed by atoms with van der Waals surface area (Å²) in [5.74, 6) is 0.340. The highest BCUT2D eigenvalue weighted by molar-refractivity contribution is 7.22. The summed E-state index contributed by atoms with van der Waals surface area (Å²) < 4.78 is 1.19. The zero-order valence-electron chi connectivity index (χ0n) is 12.2.